The molecule has 0 aliphatic carbocycles. The van der Waals surface area contributed by atoms with Crippen LogP contribution in [-0.2, 0) is 6.42 Å². The number of halogens is 3. The van der Waals surface area contributed by atoms with Gasteiger partial charge in [-0.3, -0.25) is 0 Å². The Labute approximate surface area is 154 Å². The molecular weight excluding hydrogens is 364 g/mol. The molecule has 1 atom stereocenters. The first-order valence-corrected chi connectivity index (χ1v) is 8.38. The number of phenols is 1. The minimum atomic E-state index is -0.666. The lowest BCUT2D eigenvalue weighted by atomic mass is 10.1. The van der Waals surface area contributed by atoms with Crippen molar-refractivity contribution in [2.45, 2.75) is 19.4 Å². The molecule has 0 unspecified atom stereocenters. The molecule has 0 saturated carbocycles. The number of aromatic nitrogens is 2. The molecule has 1 heterocycles. The van der Waals surface area contributed by atoms with Gasteiger partial charge in [0.1, 0.15) is 0 Å². The summed E-state index contributed by atoms with van der Waals surface area (Å²) < 4.78 is 15.3. The van der Waals surface area contributed by atoms with Crippen molar-refractivity contribution in [1.29, 1.82) is 0 Å². The summed E-state index contributed by atoms with van der Waals surface area (Å²) in [6.45, 7) is 1.83. The number of rotatable bonds is 4. The first-order valence-electron chi connectivity index (χ1n) is 7.62. The van der Waals surface area contributed by atoms with Gasteiger partial charge in [0.15, 0.2) is 11.6 Å². The Morgan fingerprint density at radius 1 is 1.20 bits per heavy atom. The van der Waals surface area contributed by atoms with Gasteiger partial charge in [-0.15, -0.1) is 0 Å². The number of nitrogens with zero attached hydrogens (tertiary/aromatic N) is 2. The number of phenolic OH excluding ortho intramolecular Hbond substituents is 1. The summed E-state index contributed by atoms with van der Waals surface area (Å²) in [5, 5.41) is 14.8. The summed E-state index contributed by atoms with van der Waals surface area (Å²) in [6.07, 6.45) is 0.399. The largest absolute Gasteiger partial charge is 0.505 e. The van der Waals surface area contributed by atoms with Crippen LogP contribution in [0.1, 0.15) is 29.9 Å². The van der Waals surface area contributed by atoms with Crippen LogP contribution >= 0.6 is 23.2 Å². The minimum Gasteiger partial charge on any atom is -0.505 e. The molecule has 25 heavy (non-hydrogen) atoms. The van der Waals surface area contributed by atoms with Crippen LogP contribution < -0.4 is 5.73 Å². The molecule has 0 radical (unpaired) electrons. The van der Waals surface area contributed by atoms with E-state index in [0.29, 0.717) is 33.4 Å². The van der Waals surface area contributed by atoms with Crippen LogP contribution in [-0.4, -0.2) is 14.9 Å². The topological polar surface area (TPSA) is 64.1 Å². The van der Waals surface area contributed by atoms with E-state index in [-0.39, 0.29) is 11.8 Å². The highest BCUT2D eigenvalue weighted by Gasteiger charge is 2.15. The second kappa shape index (κ2) is 7.04. The van der Waals surface area contributed by atoms with E-state index < -0.39 is 5.82 Å². The lowest BCUT2D eigenvalue weighted by Crippen LogP contribution is -2.07. The Hall–Kier alpha value is -2.08. The smallest absolute Gasteiger partial charge is 0.165 e. The molecule has 0 bridgehead atoms. The predicted octanol–water partition coefficient (Wildman–Crippen LogP) is 4.63. The van der Waals surface area contributed by atoms with E-state index in [2.05, 4.69) is 5.10 Å². The van der Waals surface area contributed by atoms with Crippen molar-refractivity contribution in [3.05, 3.63) is 75.3 Å². The summed E-state index contributed by atoms with van der Waals surface area (Å²) in [5.74, 6) is -1.05. The maximum atomic E-state index is 13.6. The van der Waals surface area contributed by atoms with Gasteiger partial charge in [0, 0.05) is 23.2 Å². The SMILES string of the molecule is C[C@H](N)c1cc(Cc2ccc(O)c(F)c2)n(-c2ccc(Cl)cc2Cl)n1. The van der Waals surface area contributed by atoms with Gasteiger partial charge in [-0.1, -0.05) is 29.3 Å². The zero-order valence-corrected chi connectivity index (χ0v) is 14.9. The van der Waals surface area contributed by atoms with Crippen LogP contribution in [0.15, 0.2) is 42.5 Å². The zero-order valence-electron chi connectivity index (χ0n) is 13.4. The molecule has 0 aliphatic heterocycles. The fraction of sp³-hybridized carbons (Fsp3) is 0.167. The van der Waals surface area contributed by atoms with Gasteiger partial charge >= 0.3 is 0 Å². The Morgan fingerprint density at radius 2 is 1.96 bits per heavy atom. The zero-order chi connectivity index (χ0) is 18.1. The van der Waals surface area contributed by atoms with Crippen molar-refractivity contribution in [2.75, 3.05) is 0 Å². The van der Waals surface area contributed by atoms with E-state index in [9.17, 15) is 9.50 Å². The summed E-state index contributed by atoms with van der Waals surface area (Å²) in [4.78, 5) is 0. The molecule has 0 spiro atoms. The monoisotopic (exact) mass is 379 g/mol. The second-order valence-corrected chi connectivity index (χ2v) is 6.66. The normalized spacial score (nSPS) is 12.4. The van der Waals surface area contributed by atoms with Crippen LogP contribution in [0.3, 0.4) is 0 Å². The summed E-state index contributed by atoms with van der Waals surface area (Å²) in [6, 6.07) is 11.0. The van der Waals surface area contributed by atoms with E-state index in [0.717, 1.165) is 5.69 Å². The number of hydrogen-bond donors (Lipinski definition) is 2. The van der Waals surface area contributed by atoms with Gasteiger partial charge in [0.05, 0.1) is 16.4 Å². The molecule has 1 aromatic heterocycles. The standard InChI is InChI=1S/C18H16Cl2FN3O/c1-10(22)16-9-13(6-11-2-5-18(25)15(21)7-11)24(23-16)17-4-3-12(19)8-14(17)20/h2-5,7-10,25H,6,22H2,1H3/t10-/m0/s1. The highest BCUT2D eigenvalue weighted by atomic mass is 35.5. The predicted molar refractivity (Wildman–Crippen MR) is 97.1 cm³/mol. The third kappa shape index (κ3) is 3.79. The van der Waals surface area contributed by atoms with Crippen LogP contribution in [0.25, 0.3) is 5.69 Å². The quantitative estimate of drug-likeness (QED) is 0.694. The molecule has 4 nitrogen and oxygen atoms in total. The van der Waals surface area contributed by atoms with E-state index in [4.69, 9.17) is 28.9 Å². The van der Waals surface area contributed by atoms with Crippen LogP contribution in [0.2, 0.25) is 10.0 Å². The van der Waals surface area contributed by atoms with Gasteiger partial charge < -0.3 is 10.8 Å². The van der Waals surface area contributed by atoms with Gasteiger partial charge in [-0.25, -0.2) is 9.07 Å². The third-order valence-electron chi connectivity index (χ3n) is 3.80. The van der Waals surface area contributed by atoms with Gasteiger partial charge in [-0.05, 0) is 48.9 Å². The highest BCUT2D eigenvalue weighted by molar-refractivity contribution is 6.35. The highest BCUT2D eigenvalue weighted by Crippen LogP contribution is 2.27. The van der Waals surface area contributed by atoms with Crippen molar-refractivity contribution >= 4 is 23.2 Å². The van der Waals surface area contributed by atoms with Gasteiger partial charge in [-0.2, -0.15) is 5.10 Å². The van der Waals surface area contributed by atoms with Gasteiger partial charge in [0.25, 0.3) is 0 Å². The molecule has 130 valence electrons. The van der Waals surface area contributed by atoms with E-state index in [1.54, 1.807) is 28.9 Å². The molecule has 0 fully saturated rings. The summed E-state index contributed by atoms with van der Waals surface area (Å²) in [7, 11) is 0. The maximum absolute atomic E-state index is 13.6. The summed E-state index contributed by atoms with van der Waals surface area (Å²) in [5.41, 5.74) is 8.79. The molecule has 3 N–H and O–H groups in total. The molecular formula is C18H16Cl2FN3O. The summed E-state index contributed by atoms with van der Waals surface area (Å²) >= 11 is 12.3. The lowest BCUT2D eigenvalue weighted by Gasteiger charge is -2.10. The average Bonchev–Trinajstić information content (AvgIpc) is 2.95. The Kier molecular flexibility index (Phi) is 4.99. The first kappa shape index (κ1) is 17.7. The maximum Gasteiger partial charge on any atom is 0.165 e. The minimum absolute atomic E-state index is 0.261. The molecule has 7 heteroatoms. The van der Waals surface area contributed by atoms with Crippen molar-refractivity contribution in [3.63, 3.8) is 0 Å². The fourth-order valence-electron chi connectivity index (χ4n) is 2.52. The molecule has 3 rings (SSSR count). The van der Waals surface area contributed by atoms with Crippen LogP contribution in [0, 0.1) is 5.82 Å². The van der Waals surface area contributed by atoms with Crippen molar-refractivity contribution < 1.29 is 9.50 Å². The second-order valence-electron chi connectivity index (χ2n) is 5.82. The number of nitrogens with two attached hydrogens (primary N) is 1. The Bertz CT molecular complexity index is 925. The molecule has 0 aliphatic rings. The van der Waals surface area contributed by atoms with E-state index in [1.165, 1.54) is 12.1 Å². The Morgan fingerprint density at radius 3 is 2.60 bits per heavy atom. The Balaban J connectivity index is 2.07. The third-order valence-corrected chi connectivity index (χ3v) is 4.34. The van der Waals surface area contributed by atoms with Crippen LogP contribution in [0.5, 0.6) is 5.75 Å². The first-order chi connectivity index (χ1) is 11.8. The molecule has 2 aromatic carbocycles. The van der Waals surface area contributed by atoms with Gasteiger partial charge in [0.2, 0.25) is 0 Å². The number of hydrogen-bond acceptors (Lipinski definition) is 3. The van der Waals surface area contributed by atoms with E-state index >= 15 is 0 Å². The number of aromatic hydroxyl groups is 1. The van der Waals surface area contributed by atoms with Crippen LogP contribution in [0.4, 0.5) is 4.39 Å². The van der Waals surface area contributed by atoms with Crippen molar-refractivity contribution in [2.24, 2.45) is 5.73 Å². The van der Waals surface area contributed by atoms with Crippen molar-refractivity contribution in [3.8, 4) is 11.4 Å². The molecule has 0 amide bonds. The van der Waals surface area contributed by atoms with E-state index in [1.807, 2.05) is 13.0 Å². The fourth-order valence-corrected chi connectivity index (χ4v) is 3.01. The lowest BCUT2D eigenvalue weighted by molar-refractivity contribution is 0.432. The molecule has 3 aromatic rings. The number of benzene rings is 2. The molecule has 0 saturated heterocycles. The van der Waals surface area contributed by atoms with Crippen molar-refractivity contribution in [1.82, 2.24) is 9.78 Å². The average molecular weight is 380 g/mol.